The van der Waals surface area contributed by atoms with Gasteiger partial charge in [-0.25, -0.2) is 4.79 Å². The Morgan fingerprint density at radius 3 is 2.52 bits per heavy atom. The van der Waals surface area contributed by atoms with Crippen LogP contribution >= 0.6 is 23.2 Å². The number of hydrogen-bond donors (Lipinski definition) is 2. The molecule has 0 heterocycles. The number of carbonyl (C=O) groups is 1. The van der Waals surface area contributed by atoms with Crippen LogP contribution in [0.15, 0.2) is 36.4 Å². The lowest BCUT2D eigenvalue weighted by molar-refractivity contribution is 0.262. The lowest BCUT2D eigenvalue weighted by Gasteiger charge is -2.11. The molecule has 2 rings (SSSR count). The summed E-state index contributed by atoms with van der Waals surface area (Å²) < 4.78 is 0. The van der Waals surface area contributed by atoms with E-state index in [-0.39, 0.29) is 0 Å². The molecule has 2 aromatic rings. The fourth-order valence-corrected chi connectivity index (χ4v) is 2.03. The molecule has 0 bridgehead atoms. The third-order valence-electron chi connectivity index (χ3n) is 2.79. The van der Waals surface area contributed by atoms with Crippen LogP contribution in [0.2, 0.25) is 10.0 Å². The molecule has 6 heteroatoms. The second kappa shape index (κ2) is 6.49. The van der Waals surface area contributed by atoms with Crippen molar-refractivity contribution in [2.24, 2.45) is 0 Å². The molecular formula is C15H11Cl2N3O. The number of rotatable bonds is 2. The molecular weight excluding hydrogens is 309 g/mol. The third-order valence-corrected chi connectivity index (χ3v) is 3.36. The Bertz CT molecular complexity index is 738. The number of anilines is 2. The molecule has 0 fully saturated rings. The van der Waals surface area contributed by atoms with Gasteiger partial charge in [0.1, 0.15) is 0 Å². The molecule has 0 aliphatic rings. The number of halogens is 2. The topological polar surface area (TPSA) is 64.9 Å². The number of aryl methyl sites for hydroxylation is 1. The van der Waals surface area contributed by atoms with Gasteiger partial charge < -0.3 is 10.6 Å². The van der Waals surface area contributed by atoms with Crippen LogP contribution in [0.1, 0.15) is 11.1 Å². The van der Waals surface area contributed by atoms with Crippen LogP contribution in [0.4, 0.5) is 16.2 Å². The summed E-state index contributed by atoms with van der Waals surface area (Å²) in [6.45, 7) is 1.84. The summed E-state index contributed by atoms with van der Waals surface area (Å²) in [7, 11) is 0. The minimum absolute atomic E-state index is 0.386. The number of hydrogen-bond acceptors (Lipinski definition) is 2. The lowest BCUT2D eigenvalue weighted by Crippen LogP contribution is -2.20. The predicted molar refractivity (Wildman–Crippen MR) is 85.0 cm³/mol. The Labute approximate surface area is 132 Å². The number of amides is 2. The molecule has 106 valence electrons. The van der Waals surface area contributed by atoms with Gasteiger partial charge in [-0.2, -0.15) is 5.26 Å². The molecule has 2 N–H and O–H groups in total. The first-order valence-electron chi connectivity index (χ1n) is 6.03. The van der Waals surface area contributed by atoms with Crippen LogP contribution in [0.5, 0.6) is 0 Å². The molecule has 0 aromatic heterocycles. The van der Waals surface area contributed by atoms with Gasteiger partial charge in [0.25, 0.3) is 0 Å². The van der Waals surface area contributed by atoms with E-state index in [4.69, 9.17) is 28.5 Å². The highest BCUT2D eigenvalue weighted by Gasteiger charge is 2.08. The van der Waals surface area contributed by atoms with E-state index in [1.807, 2.05) is 13.0 Å². The Balaban J connectivity index is 2.15. The van der Waals surface area contributed by atoms with E-state index in [1.54, 1.807) is 36.4 Å². The van der Waals surface area contributed by atoms with Gasteiger partial charge >= 0.3 is 6.03 Å². The van der Waals surface area contributed by atoms with Crippen molar-refractivity contribution in [3.05, 3.63) is 57.6 Å². The molecule has 21 heavy (non-hydrogen) atoms. The Hall–Kier alpha value is -2.22. The van der Waals surface area contributed by atoms with E-state index in [2.05, 4.69) is 10.6 Å². The van der Waals surface area contributed by atoms with Crippen molar-refractivity contribution in [2.75, 3.05) is 10.6 Å². The Kier molecular flexibility index (Phi) is 4.69. The molecule has 0 radical (unpaired) electrons. The molecule has 0 atom stereocenters. The largest absolute Gasteiger partial charge is 0.323 e. The molecule has 0 unspecified atom stereocenters. The zero-order chi connectivity index (χ0) is 15.4. The first kappa shape index (κ1) is 15.2. The number of nitrogens with zero attached hydrogens (tertiary/aromatic N) is 1. The zero-order valence-corrected chi connectivity index (χ0v) is 12.6. The van der Waals surface area contributed by atoms with Crippen LogP contribution in [0, 0.1) is 18.3 Å². The summed E-state index contributed by atoms with van der Waals surface area (Å²) in [4.78, 5) is 12.0. The molecule has 0 aliphatic carbocycles. The average molecular weight is 320 g/mol. The van der Waals surface area contributed by atoms with Gasteiger partial charge in [0.15, 0.2) is 0 Å². The summed E-state index contributed by atoms with van der Waals surface area (Å²) in [6, 6.07) is 11.4. The van der Waals surface area contributed by atoms with Crippen molar-refractivity contribution in [3.8, 4) is 6.07 Å². The van der Waals surface area contributed by atoms with Gasteiger partial charge in [0.05, 0.1) is 22.3 Å². The summed E-state index contributed by atoms with van der Waals surface area (Å²) in [5.41, 5.74) is 2.29. The van der Waals surface area contributed by atoms with Crippen molar-refractivity contribution < 1.29 is 4.79 Å². The smallest absolute Gasteiger partial charge is 0.307 e. The quantitative estimate of drug-likeness (QED) is 0.833. The number of urea groups is 1. The van der Waals surface area contributed by atoms with E-state index < -0.39 is 6.03 Å². The minimum Gasteiger partial charge on any atom is -0.307 e. The zero-order valence-electron chi connectivity index (χ0n) is 11.1. The molecule has 2 amide bonds. The highest BCUT2D eigenvalue weighted by atomic mass is 35.5. The highest BCUT2D eigenvalue weighted by Crippen LogP contribution is 2.25. The molecule has 4 nitrogen and oxygen atoms in total. The van der Waals surface area contributed by atoms with E-state index >= 15 is 0 Å². The van der Waals surface area contributed by atoms with E-state index in [1.165, 1.54) is 0 Å². The van der Waals surface area contributed by atoms with Gasteiger partial charge in [-0.15, -0.1) is 0 Å². The monoisotopic (exact) mass is 319 g/mol. The highest BCUT2D eigenvalue weighted by molar-refractivity contribution is 6.35. The van der Waals surface area contributed by atoms with E-state index in [9.17, 15) is 4.79 Å². The SMILES string of the molecule is Cc1ccc(C#N)cc1NC(=O)Nc1cc(Cl)ccc1Cl. The number of nitriles is 1. The number of carbonyl (C=O) groups excluding carboxylic acids is 1. The molecule has 0 aliphatic heterocycles. The van der Waals surface area contributed by atoms with Gasteiger partial charge in [-0.05, 0) is 42.8 Å². The van der Waals surface area contributed by atoms with Gasteiger partial charge in [0.2, 0.25) is 0 Å². The van der Waals surface area contributed by atoms with Crippen molar-refractivity contribution in [2.45, 2.75) is 6.92 Å². The van der Waals surface area contributed by atoms with Crippen LogP contribution in [-0.4, -0.2) is 6.03 Å². The van der Waals surface area contributed by atoms with Gasteiger partial charge in [-0.1, -0.05) is 29.3 Å². The maximum absolute atomic E-state index is 12.0. The van der Waals surface area contributed by atoms with Crippen LogP contribution < -0.4 is 10.6 Å². The van der Waals surface area contributed by atoms with Crippen molar-refractivity contribution in [1.29, 1.82) is 5.26 Å². The van der Waals surface area contributed by atoms with E-state index in [0.29, 0.717) is 27.0 Å². The molecule has 0 saturated carbocycles. The first-order chi connectivity index (χ1) is 9.99. The predicted octanol–water partition coefficient (Wildman–Crippen LogP) is 4.82. The second-order valence-electron chi connectivity index (χ2n) is 4.34. The van der Waals surface area contributed by atoms with Crippen LogP contribution in [-0.2, 0) is 0 Å². The normalized spacial score (nSPS) is 9.81. The Morgan fingerprint density at radius 1 is 1.10 bits per heavy atom. The Morgan fingerprint density at radius 2 is 1.81 bits per heavy atom. The van der Waals surface area contributed by atoms with E-state index in [0.717, 1.165) is 5.56 Å². The summed E-state index contributed by atoms with van der Waals surface area (Å²) in [5, 5.41) is 15.0. The number of nitrogens with one attached hydrogen (secondary N) is 2. The van der Waals surface area contributed by atoms with Crippen molar-refractivity contribution >= 4 is 40.6 Å². The number of benzene rings is 2. The fourth-order valence-electron chi connectivity index (χ4n) is 1.70. The summed E-state index contributed by atoms with van der Waals surface area (Å²) in [6.07, 6.45) is 0. The van der Waals surface area contributed by atoms with Gasteiger partial charge in [-0.3, -0.25) is 0 Å². The molecule has 0 spiro atoms. The maximum atomic E-state index is 12.0. The second-order valence-corrected chi connectivity index (χ2v) is 5.19. The molecule has 2 aromatic carbocycles. The minimum atomic E-state index is -0.461. The average Bonchev–Trinajstić information content (AvgIpc) is 2.45. The first-order valence-corrected chi connectivity index (χ1v) is 6.79. The maximum Gasteiger partial charge on any atom is 0.323 e. The van der Waals surface area contributed by atoms with Gasteiger partial charge in [0, 0.05) is 10.7 Å². The standard InChI is InChI=1S/C15H11Cl2N3O/c1-9-2-3-10(8-18)6-13(9)19-15(21)20-14-7-11(16)4-5-12(14)17/h2-7H,1H3,(H2,19,20,21). The van der Waals surface area contributed by atoms with Crippen LogP contribution in [0.3, 0.4) is 0 Å². The summed E-state index contributed by atoms with van der Waals surface area (Å²) >= 11 is 11.8. The lowest BCUT2D eigenvalue weighted by atomic mass is 10.1. The third kappa shape index (κ3) is 3.88. The van der Waals surface area contributed by atoms with Crippen molar-refractivity contribution in [3.63, 3.8) is 0 Å². The summed E-state index contributed by atoms with van der Waals surface area (Å²) in [5.74, 6) is 0. The molecule has 0 saturated heterocycles. The van der Waals surface area contributed by atoms with Crippen molar-refractivity contribution in [1.82, 2.24) is 0 Å². The fraction of sp³-hybridized carbons (Fsp3) is 0.0667. The van der Waals surface area contributed by atoms with Crippen LogP contribution in [0.25, 0.3) is 0 Å².